The second kappa shape index (κ2) is 17.3. The van der Waals surface area contributed by atoms with Gasteiger partial charge >= 0.3 is 0 Å². The minimum Gasteiger partial charge on any atom is -0.269 e. The quantitative estimate of drug-likeness (QED) is 0.0306. The van der Waals surface area contributed by atoms with Crippen LogP contribution in [-0.4, -0.2) is 44.4 Å². The van der Waals surface area contributed by atoms with Gasteiger partial charge in [-0.05, 0) is 67.8 Å². The standard InChI is InChI=1S/C42H46N6/c1-35(33-43-46(3)36-22-9-7-10-23-36)21-17-20-31-45(2)30-18-5-6-19-32-48-41-28-15-13-26-38(41)40(39-27-14-16-29-42(39)48)34-44-47(4)37-24-11-8-12-25-37/h7-18,20-31,33-34H,5-6,19,32H2,1-4H3/q+2/b30-18+. The van der Waals surface area contributed by atoms with Gasteiger partial charge in [0.15, 0.2) is 12.4 Å². The Bertz CT molecular complexity index is 1910. The van der Waals surface area contributed by atoms with E-state index < -0.39 is 0 Å². The van der Waals surface area contributed by atoms with Crippen LogP contribution < -0.4 is 14.6 Å². The van der Waals surface area contributed by atoms with E-state index in [4.69, 9.17) is 5.10 Å². The van der Waals surface area contributed by atoms with E-state index in [2.05, 4.69) is 113 Å². The Morgan fingerprint density at radius 3 is 1.90 bits per heavy atom. The number of hydrazone groups is 2. The molecule has 0 aliphatic rings. The van der Waals surface area contributed by atoms with Gasteiger partial charge in [-0.2, -0.15) is 14.8 Å². The third-order valence-electron chi connectivity index (χ3n) is 8.16. The molecule has 1 heterocycles. The van der Waals surface area contributed by atoms with Crippen molar-refractivity contribution in [1.29, 1.82) is 0 Å². The lowest BCUT2D eigenvalue weighted by Crippen LogP contribution is -2.36. The molecule has 0 amide bonds. The molecule has 0 N–H and O–H groups in total. The smallest absolute Gasteiger partial charge is 0.213 e. The van der Waals surface area contributed by atoms with E-state index in [-0.39, 0.29) is 0 Å². The fraction of sp³-hybridized carbons (Fsp3) is 0.190. The van der Waals surface area contributed by atoms with Gasteiger partial charge in [0.25, 0.3) is 0 Å². The average molecular weight is 635 g/mol. The number of anilines is 2. The Hall–Kier alpha value is -5.62. The maximum atomic E-state index is 4.83. The molecule has 0 spiro atoms. The Labute approximate surface area is 285 Å². The lowest BCUT2D eigenvalue weighted by atomic mass is 10.0. The molecule has 0 fully saturated rings. The number of benzene rings is 4. The first-order chi connectivity index (χ1) is 23.5. The van der Waals surface area contributed by atoms with Crippen LogP contribution in [-0.2, 0) is 6.54 Å². The first-order valence-corrected chi connectivity index (χ1v) is 16.6. The largest absolute Gasteiger partial charge is 0.269 e. The maximum absolute atomic E-state index is 4.83. The summed E-state index contributed by atoms with van der Waals surface area (Å²) in [4.78, 5) is 0. The van der Waals surface area contributed by atoms with Crippen LogP contribution in [0.4, 0.5) is 11.4 Å². The molecule has 0 aliphatic carbocycles. The van der Waals surface area contributed by atoms with Crippen LogP contribution in [0.1, 0.15) is 31.7 Å². The fourth-order valence-corrected chi connectivity index (χ4v) is 5.53. The third-order valence-corrected chi connectivity index (χ3v) is 8.16. The lowest BCUT2D eigenvalue weighted by Gasteiger charge is -2.13. The summed E-state index contributed by atoms with van der Waals surface area (Å²) in [6, 6.07) is 37.7. The number of unbranched alkanes of at least 4 members (excludes halogenated alkanes) is 2. The van der Waals surface area contributed by atoms with Crippen molar-refractivity contribution in [3.05, 3.63) is 151 Å². The molecule has 6 heteroatoms. The molecule has 242 valence electrons. The summed E-state index contributed by atoms with van der Waals surface area (Å²) in [6.45, 7) is 3.01. The Morgan fingerprint density at radius 2 is 1.27 bits per heavy atom. The maximum Gasteiger partial charge on any atom is 0.213 e. The van der Waals surface area contributed by atoms with E-state index in [0.717, 1.165) is 48.3 Å². The number of nitrogens with zero attached hydrogens (tertiary/aromatic N) is 6. The van der Waals surface area contributed by atoms with E-state index in [1.807, 2.05) is 97.2 Å². The van der Waals surface area contributed by atoms with Crippen molar-refractivity contribution >= 4 is 51.8 Å². The minimum absolute atomic E-state index is 0.955. The number of aromatic nitrogens is 1. The van der Waals surface area contributed by atoms with Crippen LogP contribution in [0.25, 0.3) is 21.8 Å². The van der Waals surface area contributed by atoms with Crippen LogP contribution >= 0.6 is 0 Å². The fourth-order valence-electron chi connectivity index (χ4n) is 5.53. The number of aryl methyl sites for hydroxylation is 1. The number of rotatable bonds is 14. The van der Waals surface area contributed by atoms with Gasteiger partial charge in [0.2, 0.25) is 11.0 Å². The highest BCUT2D eigenvalue weighted by atomic mass is 15.4. The molecule has 0 aliphatic heterocycles. The second-order valence-electron chi connectivity index (χ2n) is 11.8. The molecule has 0 saturated carbocycles. The number of hydrogen-bond donors (Lipinski definition) is 0. The van der Waals surface area contributed by atoms with Gasteiger partial charge in [0.05, 0.1) is 34.6 Å². The molecular weight excluding hydrogens is 589 g/mol. The molecule has 1 aromatic heterocycles. The molecule has 0 bridgehead atoms. The van der Waals surface area contributed by atoms with E-state index in [1.165, 1.54) is 21.8 Å². The normalized spacial score (nSPS) is 12.8. The van der Waals surface area contributed by atoms with Crippen molar-refractivity contribution in [3.63, 3.8) is 0 Å². The van der Waals surface area contributed by atoms with Gasteiger partial charge < -0.3 is 0 Å². The van der Waals surface area contributed by atoms with Crippen molar-refractivity contribution in [1.82, 2.24) is 0 Å². The van der Waals surface area contributed by atoms with Crippen molar-refractivity contribution < 1.29 is 9.14 Å². The van der Waals surface area contributed by atoms with Crippen LogP contribution in [0, 0.1) is 0 Å². The summed E-state index contributed by atoms with van der Waals surface area (Å²) in [5.74, 6) is 0. The minimum atomic E-state index is 0.955. The van der Waals surface area contributed by atoms with Crippen molar-refractivity contribution in [2.24, 2.45) is 10.2 Å². The highest BCUT2D eigenvalue weighted by Crippen LogP contribution is 2.24. The molecule has 0 atom stereocenters. The van der Waals surface area contributed by atoms with Gasteiger partial charge in [-0.3, -0.25) is 10.0 Å². The van der Waals surface area contributed by atoms with Crippen molar-refractivity contribution in [2.45, 2.75) is 32.7 Å². The highest BCUT2D eigenvalue weighted by Gasteiger charge is 2.19. The summed E-state index contributed by atoms with van der Waals surface area (Å²) in [6.07, 6.45) is 19.7. The van der Waals surface area contributed by atoms with E-state index in [0.29, 0.717) is 0 Å². The topological polar surface area (TPSA) is 38.1 Å². The number of hydrogen-bond acceptors (Lipinski definition) is 4. The molecule has 0 saturated heterocycles. The molecule has 6 nitrogen and oxygen atoms in total. The molecule has 4 aromatic carbocycles. The number of pyridine rings is 1. The predicted molar refractivity (Wildman–Crippen MR) is 206 cm³/mol. The van der Waals surface area contributed by atoms with Gasteiger partial charge in [-0.15, -0.1) is 0 Å². The lowest BCUT2D eigenvalue weighted by molar-refractivity contribution is -0.645. The zero-order chi connectivity index (χ0) is 33.6. The average Bonchev–Trinajstić information content (AvgIpc) is 3.13. The number of allylic oxidation sites excluding steroid dienone is 5. The first-order valence-electron chi connectivity index (χ1n) is 16.6. The van der Waals surface area contributed by atoms with Crippen molar-refractivity contribution in [2.75, 3.05) is 31.2 Å². The molecule has 48 heavy (non-hydrogen) atoms. The Balaban J connectivity index is 1.18. The molecule has 0 unspecified atom stereocenters. The van der Waals surface area contributed by atoms with Gasteiger partial charge in [0, 0.05) is 44.3 Å². The van der Waals surface area contributed by atoms with Crippen LogP contribution in [0.3, 0.4) is 0 Å². The Morgan fingerprint density at radius 1 is 0.708 bits per heavy atom. The van der Waals surface area contributed by atoms with Gasteiger partial charge in [-0.1, -0.05) is 72.8 Å². The van der Waals surface area contributed by atoms with Gasteiger partial charge in [-0.25, -0.2) is 4.58 Å². The molecule has 0 radical (unpaired) electrons. The van der Waals surface area contributed by atoms with Crippen LogP contribution in [0.2, 0.25) is 0 Å². The first kappa shape index (κ1) is 33.7. The van der Waals surface area contributed by atoms with Crippen LogP contribution in [0.5, 0.6) is 0 Å². The zero-order valence-electron chi connectivity index (χ0n) is 28.5. The summed E-state index contributed by atoms with van der Waals surface area (Å²) >= 11 is 0. The highest BCUT2D eigenvalue weighted by molar-refractivity contribution is 6.09. The summed E-state index contributed by atoms with van der Waals surface area (Å²) in [5.41, 5.74) is 6.80. The van der Waals surface area contributed by atoms with E-state index >= 15 is 0 Å². The number of para-hydroxylation sites is 4. The summed E-state index contributed by atoms with van der Waals surface area (Å²) < 4.78 is 4.56. The number of fused-ring (bicyclic) bond motifs is 2. The van der Waals surface area contributed by atoms with E-state index in [1.54, 1.807) is 0 Å². The summed E-state index contributed by atoms with van der Waals surface area (Å²) in [7, 11) is 6.00. The SMILES string of the molecule is CC(/C=N/N(C)c1ccccc1)=C\C=C/C=[N+](C)/C=C/CCCC[n+]1c2ccccc2c(/C=N/N(C)c2ccccc2)c2ccccc21. The predicted octanol–water partition coefficient (Wildman–Crippen LogP) is 8.77. The molecular formula is C42H46N6+2. The zero-order valence-corrected chi connectivity index (χ0v) is 28.5. The summed E-state index contributed by atoms with van der Waals surface area (Å²) in [5, 5.41) is 15.6. The Kier molecular flexibility index (Phi) is 12.2. The van der Waals surface area contributed by atoms with Crippen molar-refractivity contribution in [3.8, 4) is 0 Å². The molecule has 5 rings (SSSR count). The third kappa shape index (κ3) is 9.23. The van der Waals surface area contributed by atoms with Crippen LogP contribution in [0.15, 0.2) is 155 Å². The van der Waals surface area contributed by atoms with E-state index in [9.17, 15) is 0 Å². The molecule has 5 aromatic rings. The monoisotopic (exact) mass is 634 g/mol. The second-order valence-corrected chi connectivity index (χ2v) is 11.8. The van der Waals surface area contributed by atoms with Gasteiger partial charge in [0.1, 0.15) is 13.6 Å².